The van der Waals surface area contributed by atoms with Crippen LogP contribution in [0.3, 0.4) is 0 Å². The lowest BCUT2D eigenvalue weighted by atomic mass is 9.95. The van der Waals surface area contributed by atoms with E-state index in [-0.39, 0.29) is 0 Å². The molecule has 0 amide bonds. The van der Waals surface area contributed by atoms with Gasteiger partial charge >= 0.3 is 0 Å². The lowest BCUT2D eigenvalue weighted by molar-refractivity contribution is 0.669. The summed E-state index contributed by atoms with van der Waals surface area (Å²) in [4.78, 5) is 2.29. The molecule has 0 fully saturated rings. The fraction of sp³-hybridized carbons (Fsp3) is 0. The summed E-state index contributed by atoms with van der Waals surface area (Å²) in [7, 11) is 0. The van der Waals surface area contributed by atoms with Crippen LogP contribution in [0.25, 0.3) is 88.0 Å². The van der Waals surface area contributed by atoms with Crippen LogP contribution in [-0.4, -0.2) is 0 Å². The number of hydrogen-bond donors (Lipinski definition) is 0. The average molecular weight is 704 g/mol. The van der Waals surface area contributed by atoms with Crippen molar-refractivity contribution >= 4 is 71.7 Å². The van der Waals surface area contributed by atoms with Crippen LogP contribution in [0.1, 0.15) is 0 Å². The van der Waals surface area contributed by atoms with Crippen molar-refractivity contribution < 1.29 is 8.83 Å². The molecule has 3 nitrogen and oxygen atoms in total. The third-order valence-corrected chi connectivity index (χ3v) is 10.9. The molecule has 0 atom stereocenters. The van der Waals surface area contributed by atoms with E-state index in [1.165, 1.54) is 27.6 Å². The zero-order chi connectivity index (χ0) is 36.3. The van der Waals surface area contributed by atoms with Crippen molar-refractivity contribution in [2.45, 2.75) is 0 Å². The molecule has 0 bridgehead atoms. The van der Waals surface area contributed by atoms with Gasteiger partial charge in [-0.25, -0.2) is 0 Å². The topological polar surface area (TPSA) is 29.5 Å². The normalized spacial score (nSPS) is 11.6. The molecule has 3 heteroatoms. The van der Waals surface area contributed by atoms with Crippen molar-refractivity contribution in [3.63, 3.8) is 0 Å². The Balaban J connectivity index is 1.06. The molecule has 0 aliphatic rings. The van der Waals surface area contributed by atoms with Crippen LogP contribution in [0.15, 0.2) is 209 Å². The Morgan fingerprint density at radius 3 is 1.53 bits per heavy atom. The quantitative estimate of drug-likeness (QED) is 0.173. The lowest BCUT2D eigenvalue weighted by Crippen LogP contribution is -2.10. The molecule has 0 unspecified atom stereocenters. The van der Waals surface area contributed by atoms with E-state index >= 15 is 0 Å². The molecule has 0 spiro atoms. The summed E-state index contributed by atoms with van der Waals surface area (Å²) < 4.78 is 13.4. The van der Waals surface area contributed by atoms with E-state index in [1.54, 1.807) is 0 Å². The maximum atomic E-state index is 6.86. The monoisotopic (exact) mass is 703 g/mol. The van der Waals surface area contributed by atoms with Crippen molar-refractivity contribution in [3.8, 4) is 33.4 Å². The predicted octanol–water partition coefficient (Wildman–Crippen LogP) is 15.1. The summed E-state index contributed by atoms with van der Waals surface area (Å²) in [5.41, 5.74) is 13.5. The third kappa shape index (κ3) is 5.13. The Morgan fingerprint density at radius 2 is 0.800 bits per heavy atom. The van der Waals surface area contributed by atoms with Crippen LogP contribution < -0.4 is 4.90 Å². The molecule has 0 saturated heterocycles. The van der Waals surface area contributed by atoms with E-state index in [0.29, 0.717) is 0 Å². The summed E-state index contributed by atoms with van der Waals surface area (Å²) in [5.74, 6) is 0. The van der Waals surface area contributed by atoms with E-state index in [0.717, 1.165) is 77.5 Å². The Kier molecular flexibility index (Phi) is 7.17. The summed E-state index contributed by atoms with van der Waals surface area (Å²) in [6, 6.07) is 70.7. The summed E-state index contributed by atoms with van der Waals surface area (Å²) in [6.07, 6.45) is 0. The standard InChI is InChI=1S/C52H33NO2/c1-3-13-34(14-4-1)35-25-29-38(30-26-35)53(48-23-12-22-44-42-18-9-10-24-49(42)54-52(44)48)39-31-27-37(28-32-39)40-20-11-21-45-47-33-46(36-15-5-2-6-16-36)41-17-7-8-19-43(41)51(47)55-50(40)45/h1-33H. The highest BCUT2D eigenvalue weighted by atomic mass is 16.3. The number of rotatable bonds is 6. The molecule has 258 valence electrons. The summed E-state index contributed by atoms with van der Waals surface area (Å²) >= 11 is 0. The fourth-order valence-electron chi connectivity index (χ4n) is 8.26. The number of anilines is 3. The Labute approximate surface area is 317 Å². The van der Waals surface area contributed by atoms with Crippen LogP contribution >= 0.6 is 0 Å². The number of para-hydroxylation sites is 3. The molecule has 2 aromatic heterocycles. The van der Waals surface area contributed by atoms with Crippen molar-refractivity contribution in [2.24, 2.45) is 0 Å². The number of benzene rings is 9. The minimum Gasteiger partial charge on any atom is -0.455 e. The average Bonchev–Trinajstić information content (AvgIpc) is 3.84. The minimum atomic E-state index is 0.856. The molecule has 0 aliphatic carbocycles. The van der Waals surface area contributed by atoms with E-state index < -0.39 is 0 Å². The maximum Gasteiger partial charge on any atom is 0.159 e. The Hall–Kier alpha value is -7.36. The molecule has 11 rings (SSSR count). The zero-order valence-electron chi connectivity index (χ0n) is 29.8. The number of hydrogen-bond acceptors (Lipinski definition) is 3. The van der Waals surface area contributed by atoms with Crippen LogP contribution in [0, 0.1) is 0 Å². The van der Waals surface area contributed by atoms with Gasteiger partial charge in [0.15, 0.2) is 5.58 Å². The fourth-order valence-corrected chi connectivity index (χ4v) is 8.26. The first kappa shape index (κ1) is 31.2. The molecule has 55 heavy (non-hydrogen) atoms. The van der Waals surface area contributed by atoms with E-state index in [2.05, 4.69) is 193 Å². The predicted molar refractivity (Wildman–Crippen MR) is 229 cm³/mol. The number of fused-ring (bicyclic) bond motifs is 8. The van der Waals surface area contributed by atoms with Crippen LogP contribution in [0.4, 0.5) is 17.1 Å². The Morgan fingerprint density at radius 1 is 0.291 bits per heavy atom. The molecule has 0 N–H and O–H groups in total. The summed E-state index contributed by atoms with van der Waals surface area (Å²) in [6.45, 7) is 0. The van der Waals surface area contributed by atoms with Gasteiger partial charge in [0.2, 0.25) is 0 Å². The van der Waals surface area contributed by atoms with E-state index in [1.807, 2.05) is 12.1 Å². The van der Waals surface area contributed by atoms with Gasteiger partial charge in [0, 0.05) is 43.9 Å². The first-order valence-electron chi connectivity index (χ1n) is 18.7. The largest absolute Gasteiger partial charge is 0.455 e. The van der Waals surface area contributed by atoms with E-state index in [9.17, 15) is 0 Å². The lowest BCUT2D eigenvalue weighted by Gasteiger charge is -2.26. The second-order valence-electron chi connectivity index (χ2n) is 14.0. The smallest absolute Gasteiger partial charge is 0.159 e. The minimum absolute atomic E-state index is 0.856. The first-order valence-corrected chi connectivity index (χ1v) is 18.7. The summed E-state index contributed by atoms with van der Waals surface area (Å²) in [5, 5.41) is 6.73. The van der Waals surface area contributed by atoms with Crippen molar-refractivity contribution in [1.29, 1.82) is 0 Å². The highest BCUT2D eigenvalue weighted by Crippen LogP contribution is 2.45. The van der Waals surface area contributed by atoms with Gasteiger partial charge in [-0.15, -0.1) is 0 Å². The molecule has 0 radical (unpaired) electrons. The van der Waals surface area contributed by atoms with Gasteiger partial charge in [-0.3, -0.25) is 0 Å². The van der Waals surface area contributed by atoms with Gasteiger partial charge in [0.1, 0.15) is 16.7 Å². The molecule has 11 aromatic rings. The van der Waals surface area contributed by atoms with Crippen molar-refractivity contribution in [2.75, 3.05) is 4.90 Å². The van der Waals surface area contributed by atoms with Crippen LogP contribution in [-0.2, 0) is 0 Å². The third-order valence-electron chi connectivity index (χ3n) is 10.9. The van der Waals surface area contributed by atoms with Gasteiger partial charge in [-0.2, -0.15) is 0 Å². The van der Waals surface area contributed by atoms with Crippen LogP contribution in [0.5, 0.6) is 0 Å². The van der Waals surface area contributed by atoms with Gasteiger partial charge in [-0.05, 0) is 75.7 Å². The van der Waals surface area contributed by atoms with Gasteiger partial charge in [0.05, 0.1) is 5.69 Å². The highest BCUT2D eigenvalue weighted by molar-refractivity contribution is 6.20. The number of nitrogens with zero attached hydrogens (tertiary/aromatic N) is 1. The molecule has 0 aliphatic heterocycles. The van der Waals surface area contributed by atoms with Crippen LogP contribution in [0.2, 0.25) is 0 Å². The van der Waals surface area contributed by atoms with E-state index in [4.69, 9.17) is 8.83 Å². The van der Waals surface area contributed by atoms with Gasteiger partial charge in [0.25, 0.3) is 0 Å². The molecule has 9 aromatic carbocycles. The van der Waals surface area contributed by atoms with Gasteiger partial charge < -0.3 is 13.7 Å². The second kappa shape index (κ2) is 12.6. The first-order chi connectivity index (χ1) is 27.3. The zero-order valence-corrected chi connectivity index (χ0v) is 29.8. The second-order valence-corrected chi connectivity index (χ2v) is 14.0. The molecular formula is C52H33NO2. The highest BCUT2D eigenvalue weighted by Gasteiger charge is 2.21. The van der Waals surface area contributed by atoms with Crippen molar-refractivity contribution in [1.82, 2.24) is 0 Å². The SMILES string of the molecule is c1ccc(-c2ccc(N(c3ccc(-c4cccc5c4oc4c6ccccc6c(-c6ccccc6)cc54)cc3)c3cccc4c3oc3ccccc34)cc2)cc1. The number of furan rings is 2. The molecule has 2 heterocycles. The molecular weight excluding hydrogens is 671 g/mol. The van der Waals surface area contributed by atoms with Gasteiger partial charge in [-0.1, -0.05) is 158 Å². The molecule has 0 saturated carbocycles. The van der Waals surface area contributed by atoms with Crippen molar-refractivity contribution in [3.05, 3.63) is 200 Å². The maximum absolute atomic E-state index is 6.86. The Bertz CT molecular complexity index is 3180.